The standard InChI is InChI=1S/C11H14ClF2N/c1-11(2,3)10(15)6-4-8(13)9(14)5-7(6)12/h4-5,10H,15H2,1-3H3. The van der Waals surface area contributed by atoms with Crippen molar-refractivity contribution in [2.75, 3.05) is 0 Å². The van der Waals surface area contributed by atoms with E-state index in [0.717, 1.165) is 12.1 Å². The van der Waals surface area contributed by atoms with Crippen molar-refractivity contribution in [2.24, 2.45) is 11.1 Å². The minimum Gasteiger partial charge on any atom is -0.323 e. The Balaban J connectivity index is 3.21. The van der Waals surface area contributed by atoms with Gasteiger partial charge in [-0.15, -0.1) is 0 Å². The van der Waals surface area contributed by atoms with Gasteiger partial charge in [0, 0.05) is 11.1 Å². The van der Waals surface area contributed by atoms with Crippen molar-refractivity contribution in [3.8, 4) is 0 Å². The Kier molecular flexibility index (Phi) is 3.36. The summed E-state index contributed by atoms with van der Waals surface area (Å²) < 4.78 is 25.8. The van der Waals surface area contributed by atoms with Crippen molar-refractivity contribution in [3.05, 3.63) is 34.4 Å². The molecule has 1 rings (SSSR count). The molecule has 1 aromatic rings. The number of hydrogen-bond acceptors (Lipinski definition) is 1. The molecule has 0 aromatic heterocycles. The fourth-order valence-electron chi connectivity index (χ4n) is 1.24. The van der Waals surface area contributed by atoms with Gasteiger partial charge in [-0.25, -0.2) is 8.78 Å². The molecule has 1 aromatic carbocycles. The first kappa shape index (κ1) is 12.4. The van der Waals surface area contributed by atoms with E-state index in [4.69, 9.17) is 17.3 Å². The highest BCUT2D eigenvalue weighted by Gasteiger charge is 2.25. The molecule has 1 unspecified atom stereocenters. The molecule has 0 aliphatic heterocycles. The molecule has 0 radical (unpaired) electrons. The Bertz CT molecular complexity index is 372. The van der Waals surface area contributed by atoms with Gasteiger partial charge in [-0.05, 0) is 23.1 Å². The number of rotatable bonds is 1. The summed E-state index contributed by atoms with van der Waals surface area (Å²) in [5.41, 5.74) is 6.10. The van der Waals surface area contributed by atoms with E-state index in [9.17, 15) is 8.78 Å². The summed E-state index contributed by atoms with van der Waals surface area (Å²) in [6, 6.07) is 1.59. The average Bonchev–Trinajstić information content (AvgIpc) is 2.08. The fourth-order valence-corrected chi connectivity index (χ4v) is 1.51. The van der Waals surface area contributed by atoms with E-state index in [1.807, 2.05) is 20.8 Å². The minimum atomic E-state index is -0.954. The highest BCUT2D eigenvalue weighted by molar-refractivity contribution is 6.31. The molecule has 0 aliphatic carbocycles. The normalized spacial score (nSPS) is 14.1. The first-order valence-electron chi connectivity index (χ1n) is 4.63. The number of nitrogens with two attached hydrogens (primary N) is 1. The third kappa shape index (κ3) is 2.67. The molecule has 0 saturated heterocycles. The molecule has 0 bridgehead atoms. The topological polar surface area (TPSA) is 26.0 Å². The Morgan fingerprint density at radius 1 is 1.20 bits per heavy atom. The molecular formula is C11H14ClF2N. The van der Waals surface area contributed by atoms with Crippen LogP contribution in [0.3, 0.4) is 0 Å². The van der Waals surface area contributed by atoms with Crippen molar-refractivity contribution in [2.45, 2.75) is 26.8 Å². The Labute approximate surface area is 93.2 Å². The van der Waals surface area contributed by atoms with Gasteiger partial charge in [0.1, 0.15) is 0 Å². The molecular weight excluding hydrogens is 220 g/mol. The molecule has 84 valence electrons. The second-order valence-corrected chi connectivity index (χ2v) is 5.04. The third-order valence-electron chi connectivity index (χ3n) is 2.31. The maximum Gasteiger partial charge on any atom is 0.160 e. The Hall–Kier alpha value is -0.670. The van der Waals surface area contributed by atoms with Gasteiger partial charge in [-0.2, -0.15) is 0 Å². The molecule has 0 aliphatic rings. The van der Waals surface area contributed by atoms with Crippen LogP contribution < -0.4 is 5.73 Å². The van der Waals surface area contributed by atoms with Gasteiger partial charge >= 0.3 is 0 Å². The molecule has 0 saturated carbocycles. The lowest BCUT2D eigenvalue weighted by Gasteiger charge is -2.28. The predicted octanol–water partition coefficient (Wildman–Crippen LogP) is 3.66. The largest absolute Gasteiger partial charge is 0.323 e. The quantitative estimate of drug-likeness (QED) is 0.736. The lowest BCUT2D eigenvalue weighted by molar-refractivity contribution is 0.325. The van der Waals surface area contributed by atoms with Crippen molar-refractivity contribution in [3.63, 3.8) is 0 Å². The minimum absolute atomic E-state index is 0.163. The molecule has 4 heteroatoms. The first-order valence-corrected chi connectivity index (χ1v) is 5.01. The van der Waals surface area contributed by atoms with E-state index >= 15 is 0 Å². The average molecular weight is 234 g/mol. The van der Waals surface area contributed by atoms with Gasteiger partial charge in [-0.3, -0.25) is 0 Å². The van der Waals surface area contributed by atoms with Crippen LogP contribution in [0.4, 0.5) is 8.78 Å². The van der Waals surface area contributed by atoms with Crippen LogP contribution in [0.25, 0.3) is 0 Å². The van der Waals surface area contributed by atoms with Gasteiger partial charge in [-0.1, -0.05) is 32.4 Å². The first-order chi connectivity index (χ1) is 6.73. The van der Waals surface area contributed by atoms with Gasteiger partial charge in [0.05, 0.1) is 0 Å². The molecule has 15 heavy (non-hydrogen) atoms. The monoisotopic (exact) mass is 233 g/mol. The van der Waals surface area contributed by atoms with Crippen LogP contribution in [0, 0.1) is 17.0 Å². The molecule has 1 nitrogen and oxygen atoms in total. The molecule has 0 spiro atoms. The van der Waals surface area contributed by atoms with Crippen LogP contribution >= 0.6 is 11.6 Å². The second-order valence-electron chi connectivity index (χ2n) is 4.63. The van der Waals surface area contributed by atoms with Crippen LogP contribution in [-0.2, 0) is 0 Å². The SMILES string of the molecule is CC(C)(C)C(N)c1cc(F)c(F)cc1Cl. The summed E-state index contributed by atoms with van der Waals surface area (Å²) in [7, 11) is 0. The molecule has 0 fully saturated rings. The summed E-state index contributed by atoms with van der Waals surface area (Å²) in [4.78, 5) is 0. The summed E-state index contributed by atoms with van der Waals surface area (Å²) in [5, 5.41) is 0.163. The zero-order valence-corrected chi connectivity index (χ0v) is 9.70. The van der Waals surface area contributed by atoms with Crippen molar-refractivity contribution in [1.29, 1.82) is 0 Å². The number of benzene rings is 1. The van der Waals surface area contributed by atoms with E-state index in [2.05, 4.69) is 0 Å². The van der Waals surface area contributed by atoms with E-state index < -0.39 is 17.7 Å². The van der Waals surface area contributed by atoms with Gasteiger partial charge in [0.2, 0.25) is 0 Å². The molecule has 0 heterocycles. The fraction of sp³-hybridized carbons (Fsp3) is 0.455. The highest BCUT2D eigenvalue weighted by Crippen LogP contribution is 2.35. The van der Waals surface area contributed by atoms with Crippen molar-refractivity contribution >= 4 is 11.6 Å². The third-order valence-corrected chi connectivity index (χ3v) is 2.64. The summed E-state index contributed by atoms with van der Waals surface area (Å²) >= 11 is 5.82. The predicted molar refractivity (Wildman–Crippen MR) is 57.8 cm³/mol. The Morgan fingerprint density at radius 3 is 2.13 bits per heavy atom. The molecule has 0 amide bonds. The lowest BCUT2D eigenvalue weighted by Crippen LogP contribution is -2.26. The summed E-state index contributed by atoms with van der Waals surface area (Å²) in [6.07, 6.45) is 0. The lowest BCUT2D eigenvalue weighted by atomic mass is 9.83. The highest BCUT2D eigenvalue weighted by atomic mass is 35.5. The smallest absolute Gasteiger partial charge is 0.160 e. The van der Waals surface area contributed by atoms with Crippen LogP contribution in [-0.4, -0.2) is 0 Å². The maximum absolute atomic E-state index is 13.0. The van der Waals surface area contributed by atoms with Crippen molar-refractivity contribution in [1.82, 2.24) is 0 Å². The van der Waals surface area contributed by atoms with Crippen LogP contribution in [0.2, 0.25) is 5.02 Å². The zero-order valence-electron chi connectivity index (χ0n) is 8.94. The Morgan fingerprint density at radius 2 is 1.67 bits per heavy atom. The van der Waals surface area contributed by atoms with Gasteiger partial charge in [0.25, 0.3) is 0 Å². The summed E-state index contributed by atoms with van der Waals surface area (Å²) in [5.74, 6) is -1.88. The number of hydrogen-bond donors (Lipinski definition) is 1. The van der Waals surface area contributed by atoms with E-state index in [0.29, 0.717) is 5.56 Å². The molecule has 1 atom stereocenters. The van der Waals surface area contributed by atoms with Crippen LogP contribution in [0.15, 0.2) is 12.1 Å². The second kappa shape index (κ2) is 4.06. The van der Waals surface area contributed by atoms with Crippen LogP contribution in [0.1, 0.15) is 32.4 Å². The van der Waals surface area contributed by atoms with Gasteiger partial charge in [0.15, 0.2) is 11.6 Å². The van der Waals surface area contributed by atoms with Gasteiger partial charge < -0.3 is 5.73 Å². The van der Waals surface area contributed by atoms with E-state index in [1.54, 1.807) is 0 Å². The van der Waals surface area contributed by atoms with E-state index in [-0.39, 0.29) is 10.4 Å². The maximum atomic E-state index is 13.0. The molecule has 2 N–H and O–H groups in total. The van der Waals surface area contributed by atoms with Crippen LogP contribution in [0.5, 0.6) is 0 Å². The number of halogens is 3. The van der Waals surface area contributed by atoms with Crippen molar-refractivity contribution < 1.29 is 8.78 Å². The summed E-state index contributed by atoms with van der Waals surface area (Å²) in [6.45, 7) is 5.74. The van der Waals surface area contributed by atoms with E-state index in [1.165, 1.54) is 0 Å². The zero-order chi connectivity index (χ0) is 11.8.